The van der Waals surface area contributed by atoms with Crippen molar-refractivity contribution in [2.75, 3.05) is 19.6 Å². The number of hydrogen-bond donors (Lipinski definition) is 1. The predicted molar refractivity (Wildman–Crippen MR) is 65.1 cm³/mol. The van der Waals surface area contributed by atoms with Crippen LogP contribution in [0.15, 0.2) is 0 Å². The summed E-state index contributed by atoms with van der Waals surface area (Å²) in [6.07, 6.45) is 9.86. The van der Waals surface area contributed by atoms with Crippen molar-refractivity contribution in [3.63, 3.8) is 0 Å². The summed E-state index contributed by atoms with van der Waals surface area (Å²) in [7, 11) is 0. The van der Waals surface area contributed by atoms with Crippen molar-refractivity contribution in [3.05, 3.63) is 0 Å². The maximum atomic E-state index is 3.58. The fourth-order valence-corrected chi connectivity index (χ4v) is 2.54. The van der Waals surface area contributed by atoms with E-state index in [2.05, 4.69) is 17.1 Å². The highest BCUT2D eigenvalue weighted by atomic mass is 15.2. The molecule has 1 saturated carbocycles. The summed E-state index contributed by atoms with van der Waals surface area (Å²) in [4.78, 5) is 2.66. The normalized spacial score (nSPS) is 27.4. The summed E-state index contributed by atoms with van der Waals surface area (Å²) >= 11 is 0. The molecule has 0 spiro atoms. The highest BCUT2D eigenvalue weighted by molar-refractivity contribution is 4.80. The SMILES string of the molecule is CC1CCCN1CCCCCNC1CC1. The molecule has 88 valence electrons. The van der Waals surface area contributed by atoms with E-state index in [1.165, 1.54) is 64.6 Å². The molecule has 0 radical (unpaired) electrons. The van der Waals surface area contributed by atoms with Gasteiger partial charge in [-0.1, -0.05) is 6.42 Å². The van der Waals surface area contributed by atoms with Gasteiger partial charge >= 0.3 is 0 Å². The van der Waals surface area contributed by atoms with Gasteiger partial charge in [0.15, 0.2) is 0 Å². The molecule has 1 aliphatic carbocycles. The van der Waals surface area contributed by atoms with Crippen LogP contribution in [0.2, 0.25) is 0 Å². The number of rotatable bonds is 7. The van der Waals surface area contributed by atoms with Crippen LogP contribution in [0.3, 0.4) is 0 Å². The molecular formula is C13H26N2. The van der Waals surface area contributed by atoms with Gasteiger partial charge < -0.3 is 10.2 Å². The van der Waals surface area contributed by atoms with Crippen molar-refractivity contribution in [2.45, 2.75) is 64.0 Å². The number of likely N-dealkylation sites (tertiary alicyclic amines) is 1. The van der Waals surface area contributed by atoms with Crippen molar-refractivity contribution >= 4 is 0 Å². The van der Waals surface area contributed by atoms with Crippen LogP contribution in [-0.2, 0) is 0 Å². The first-order chi connectivity index (χ1) is 7.36. The molecule has 1 heterocycles. The molecule has 1 atom stereocenters. The van der Waals surface area contributed by atoms with Crippen LogP contribution in [0, 0.1) is 0 Å². The minimum Gasteiger partial charge on any atom is -0.314 e. The van der Waals surface area contributed by atoms with Gasteiger partial charge in [-0.2, -0.15) is 0 Å². The second kappa shape index (κ2) is 5.86. The molecule has 1 saturated heterocycles. The smallest absolute Gasteiger partial charge is 0.00682 e. The molecule has 0 aromatic carbocycles. The van der Waals surface area contributed by atoms with Crippen LogP contribution < -0.4 is 5.32 Å². The summed E-state index contributed by atoms with van der Waals surface area (Å²) in [6, 6.07) is 1.75. The zero-order chi connectivity index (χ0) is 10.5. The van der Waals surface area contributed by atoms with E-state index in [1.54, 1.807) is 0 Å². The monoisotopic (exact) mass is 210 g/mol. The number of hydrogen-bond acceptors (Lipinski definition) is 2. The second-order valence-corrected chi connectivity index (χ2v) is 5.32. The standard InChI is InChI=1S/C13H26N2/c1-12-6-5-11-15(12)10-4-2-3-9-14-13-7-8-13/h12-14H,2-11H2,1H3. The Balaban J connectivity index is 1.40. The summed E-state index contributed by atoms with van der Waals surface area (Å²) in [5, 5.41) is 3.58. The first-order valence-corrected chi connectivity index (χ1v) is 6.83. The fourth-order valence-electron chi connectivity index (χ4n) is 2.54. The zero-order valence-corrected chi connectivity index (χ0v) is 10.2. The molecule has 15 heavy (non-hydrogen) atoms. The van der Waals surface area contributed by atoms with E-state index in [9.17, 15) is 0 Å². The van der Waals surface area contributed by atoms with Crippen LogP contribution in [0.5, 0.6) is 0 Å². The van der Waals surface area contributed by atoms with E-state index < -0.39 is 0 Å². The Bertz CT molecular complexity index is 177. The first-order valence-electron chi connectivity index (χ1n) is 6.83. The lowest BCUT2D eigenvalue weighted by Gasteiger charge is -2.20. The Hall–Kier alpha value is -0.0800. The maximum Gasteiger partial charge on any atom is 0.00682 e. The van der Waals surface area contributed by atoms with Gasteiger partial charge in [0.2, 0.25) is 0 Å². The molecule has 1 N–H and O–H groups in total. The number of nitrogens with one attached hydrogen (secondary N) is 1. The summed E-state index contributed by atoms with van der Waals surface area (Å²) in [5.41, 5.74) is 0. The van der Waals surface area contributed by atoms with Gasteiger partial charge in [-0.3, -0.25) is 0 Å². The quantitative estimate of drug-likeness (QED) is 0.649. The van der Waals surface area contributed by atoms with Crippen LogP contribution >= 0.6 is 0 Å². The summed E-state index contributed by atoms with van der Waals surface area (Å²) < 4.78 is 0. The average molecular weight is 210 g/mol. The second-order valence-electron chi connectivity index (χ2n) is 5.32. The Morgan fingerprint density at radius 3 is 2.67 bits per heavy atom. The van der Waals surface area contributed by atoms with Crippen molar-refractivity contribution in [2.24, 2.45) is 0 Å². The minimum atomic E-state index is 0.856. The van der Waals surface area contributed by atoms with Crippen molar-refractivity contribution < 1.29 is 0 Å². The third-order valence-electron chi connectivity index (χ3n) is 3.82. The summed E-state index contributed by atoms with van der Waals surface area (Å²) in [5.74, 6) is 0. The Morgan fingerprint density at radius 1 is 1.13 bits per heavy atom. The molecule has 0 bridgehead atoms. The van der Waals surface area contributed by atoms with Crippen molar-refractivity contribution in [3.8, 4) is 0 Å². The van der Waals surface area contributed by atoms with Gasteiger partial charge in [0, 0.05) is 12.1 Å². The lowest BCUT2D eigenvalue weighted by atomic mass is 10.2. The van der Waals surface area contributed by atoms with E-state index in [0.29, 0.717) is 0 Å². The van der Waals surface area contributed by atoms with E-state index in [4.69, 9.17) is 0 Å². The van der Waals surface area contributed by atoms with Gasteiger partial charge in [0.25, 0.3) is 0 Å². The Kier molecular flexibility index (Phi) is 4.45. The van der Waals surface area contributed by atoms with Crippen LogP contribution in [0.25, 0.3) is 0 Å². The minimum absolute atomic E-state index is 0.856. The van der Waals surface area contributed by atoms with E-state index in [-0.39, 0.29) is 0 Å². The molecule has 2 aliphatic rings. The van der Waals surface area contributed by atoms with E-state index in [0.717, 1.165) is 12.1 Å². The highest BCUT2D eigenvalue weighted by Gasteiger charge is 2.20. The van der Waals surface area contributed by atoms with Gasteiger partial charge in [-0.25, -0.2) is 0 Å². The van der Waals surface area contributed by atoms with Gasteiger partial charge in [0.1, 0.15) is 0 Å². The molecule has 1 unspecified atom stereocenters. The summed E-state index contributed by atoms with van der Waals surface area (Å²) in [6.45, 7) is 6.31. The van der Waals surface area contributed by atoms with Gasteiger partial charge in [-0.15, -0.1) is 0 Å². The maximum absolute atomic E-state index is 3.58. The van der Waals surface area contributed by atoms with Gasteiger partial charge in [0.05, 0.1) is 0 Å². The highest BCUT2D eigenvalue weighted by Crippen LogP contribution is 2.19. The average Bonchev–Trinajstić information content (AvgIpc) is 2.96. The molecule has 2 fully saturated rings. The molecule has 2 heteroatoms. The third-order valence-corrected chi connectivity index (χ3v) is 3.82. The van der Waals surface area contributed by atoms with E-state index >= 15 is 0 Å². The molecule has 0 amide bonds. The lowest BCUT2D eigenvalue weighted by Crippen LogP contribution is -2.28. The van der Waals surface area contributed by atoms with Crippen LogP contribution in [0.1, 0.15) is 51.9 Å². The Morgan fingerprint density at radius 2 is 2.00 bits per heavy atom. The lowest BCUT2D eigenvalue weighted by molar-refractivity contribution is 0.262. The van der Waals surface area contributed by atoms with Crippen molar-refractivity contribution in [1.29, 1.82) is 0 Å². The first kappa shape index (κ1) is 11.4. The van der Waals surface area contributed by atoms with E-state index in [1.807, 2.05) is 0 Å². The van der Waals surface area contributed by atoms with Crippen molar-refractivity contribution in [1.82, 2.24) is 10.2 Å². The molecule has 2 nitrogen and oxygen atoms in total. The molecule has 0 aromatic rings. The number of unbranched alkanes of at least 4 members (excludes halogenated alkanes) is 2. The zero-order valence-electron chi connectivity index (χ0n) is 10.2. The molecular weight excluding hydrogens is 184 g/mol. The largest absolute Gasteiger partial charge is 0.314 e. The number of nitrogens with zero attached hydrogens (tertiary/aromatic N) is 1. The fraction of sp³-hybridized carbons (Fsp3) is 1.00. The predicted octanol–water partition coefficient (Wildman–Crippen LogP) is 2.39. The molecule has 2 rings (SSSR count). The Labute approximate surface area is 94.4 Å². The third kappa shape index (κ3) is 4.12. The topological polar surface area (TPSA) is 15.3 Å². The van der Waals surface area contributed by atoms with Gasteiger partial charge in [-0.05, 0) is 65.1 Å². The molecule has 1 aliphatic heterocycles. The molecule has 0 aromatic heterocycles. The van der Waals surface area contributed by atoms with Crippen LogP contribution in [0.4, 0.5) is 0 Å². The van der Waals surface area contributed by atoms with Crippen LogP contribution in [-0.4, -0.2) is 36.6 Å².